The standard InChI is InChI=1S/C13H19NO8/c1-20-9-4-7(5-15)2-3-8(9)21-14-13(19)12(18)11(17)10(6-16)22-14/h2-4,10-13,15-19H,5-6H2,1H3. The molecule has 1 saturated heterocycles. The molecule has 1 aliphatic heterocycles. The molecule has 0 bridgehead atoms. The van der Waals surface area contributed by atoms with Gasteiger partial charge in [0.1, 0.15) is 18.3 Å². The number of ether oxygens (including phenoxy) is 1. The predicted octanol–water partition coefficient (Wildman–Crippen LogP) is -1.87. The van der Waals surface area contributed by atoms with Gasteiger partial charge >= 0.3 is 0 Å². The van der Waals surface area contributed by atoms with Gasteiger partial charge in [0.2, 0.25) is 0 Å². The average molecular weight is 317 g/mol. The summed E-state index contributed by atoms with van der Waals surface area (Å²) in [5.41, 5.74) is 0.591. The topological polar surface area (TPSA) is 132 Å². The van der Waals surface area contributed by atoms with Crippen molar-refractivity contribution in [3.63, 3.8) is 0 Å². The van der Waals surface area contributed by atoms with Crippen molar-refractivity contribution in [3.05, 3.63) is 23.8 Å². The van der Waals surface area contributed by atoms with Crippen LogP contribution < -0.4 is 9.57 Å². The van der Waals surface area contributed by atoms with Crippen LogP contribution >= 0.6 is 0 Å². The summed E-state index contributed by atoms with van der Waals surface area (Å²) in [5.74, 6) is 0.419. The van der Waals surface area contributed by atoms with Crippen molar-refractivity contribution >= 4 is 0 Å². The summed E-state index contributed by atoms with van der Waals surface area (Å²) < 4.78 is 5.10. The van der Waals surface area contributed by atoms with Crippen LogP contribution in [-0.4, -0.2) is 69.0 Å². The van der Waals surface area contributed by atoms with E-state index in [0.29, 0.717) is 10.8 Å². The number of nitrogens with zero attached hydrogens (tertiary/aromatic N) is 1. The molecule has 0 spiro atoms. The SMILES string of the molecule is COc1cc(CO)ccc1ON1OC(CO)C(O)C(O)C1O. The molecule has 0 aromatic heterocycles. The van der Waals surface area contributed by atoms with E-state index in [4.69, 9.17) is 24.6 Å². The minimum absolute atomic E-state index is 0.152. The first-order valence-electron chi connectivity index (χ1n) is 6.58. The lowest BCUT2D eigenvalue weighted by Crippen LogP contribution is -2.61. The summed E-state index contributed by atoms with van der Waals surface area (Å²) in [6.45, 7) is -0.762. The fraction of sp³-hybridized carbons (Fsp3) is 0.538. The van der Waals surface area contributed by atoms with Crippen LogP contribution in [0.15, 0.2) is 18.2 Å². The van der Waals surface area contributed by atoms with Gasteiger partial charge in [-0.25, -0.2) is 0 Å². The molecule has 1 aromatic carbocycles. The van der Waals surface area contributed by atoms with Crippen molar-refractivity contribution in [2.24, 2.45) is 0 Å². The quantitative estimate of drug-likeness (QED) is 0.423. The Labute approximate surface area is 126 Å². The summed E-state index contributed by atoms with van der Waals surface area (Å²) >= 11 is 0. The highest BCUT2D eigenvalue weighted by molar-refractivity contribution is 5.42. The second-order valence-corrected chi connectivity index (χ2v) is 4.74. The number of benzene rings is 1. The first-order chi connectivity index (χ1) is 10.5. The Morgan fingerprint density at radius 2 is 1.86 bits per heavy atom. The van der Waals surface area contributed by atoms with Crippen molar-refractivity contribution < 1.29 is 39.9 Å². The number of rotatable bonds is 5. The maximum Gasteiger partial charge on any atom is 0.197 e. The molecule has 9 nitrogen and oxygen atoms in total. The largest absolute Gasteiger partial charge is 0.493 e. The normalized spacial score (nSPS) is 29.4. The van der Waals surface area contributed by atoms with E-state index in [-0.39, 0.29) is 18.1 Å². The van der Waals surface area contributed by atoms with Crippen LogP contribution in [0.3, 0.4) is 0 Å². The second kappa shape index (κ2) is 7.20. The van der Waals surface area contributed by atoms with E-state index in [1.165, 1.54) is 19.2 Å². The molecule has 1 aliphatic rings. The molecule has 0 radical (unpaired) electrons. The fourth-order valence-electron chi connectivity index (χ4n) is 1.98. The Hall–Kier alpha value is -1.46. The van der Waals surface area contributed by atoms with E-state index in [2.05, 4.69) is 0 Å². The highest BCUT2D eigenvalue weighted by Crippen LogP contribution is 2.31. The van der Waals surface area contributed by atoms with E-state index in [9.17, 15) is 15.3 Å². The Kier molecular flexibility index (Phi) is 5.53. The summed E-state index contributed by atoms with van der Waals surface area (Å²) in [6.07, 6.45) is -5.87. The lowest BCUT2D eigenvalue weighted by atomic mass is 10.1. The molecule has 1 heterocycles. The van der Waals surface area contributed by atoms with Crippen LogP contribution in [0.4, 0.5) is 0 Å². The molecule has 0 aliphatic carbocycles. The maximum absolute atomic E-state index is 9.85. The third kappa shape index (κ3) is 3.31. The molecule has 1 aromatic rings. The number of aliphatic hydroxyl groups excluding tert-OH is 5. The van der Waals surface area contributed by atoms with E-state index in [1.54, 1.807) is 6.07 Å². The number of hydrogen-bond donors (Lipinski definition) is 5. The Bertz CT molecular complexity index is 497. The summed E-state index contributed by atoms with van der Waals surface area (Å²) in [4.78, 5) is 10.4. The first kappa shape index (κ1) is 16.9. The summed E-state index contributed by atoms with van der Waals surface area (Å²) in [7, 11) is 1.39. The van der Waals surface area contributed by atoms with Gasteiger partial charge in [0.15, 0.2) is 17.7 Å². The molecule has 1 fully saturated rings. The molecule has 4 unspecified atom stereocenters. The third-order valence-electron chi connectivity index (χ3n) is 3.27. The van der Waals surface area contributed by atoms with Crippen molar-refractivity contribution in [2.45, 2.75) is 31.1 Å². The molecule has 0 amide bonds. The lowest BCUT2D eigenvalue weighted by molar-refractivity contribution is -0.445. The van der Waals surface area contributed by atoms with Gasteiger partial charge in [-0.3, -0.25) is 4.84 Å². The number of aliphatic hydroxyl groups is 5. The minimum Gasteiger partial charge on any atom is -0.493 e. The lowest BCUT2D eigenvalue weighted by Gasteiger charge is -2.40. The Balaban J connectivity index is 2.18. The zero-order chi connectivity index (χ0) is 16.3. The van der Waals surface area contributed by atoms with Gasteiger partial charge < -0.3 is 35.1 Å². The second-order valence-electron chi connectivity index (χ2n) is 4.74. The van der Waals surface area contributed by atoms with Crippen LogP contribution in [0.25, 0.3) is 0 Å². The van der Waals surface area contributed by atoms with Gasteiger partial charge in [0.25, 0.3) is 0 Å². The summed E-state index contributed by atoms with van der Waals surface area (Å²) in [6, 6.07) is 4.58. The van der Waals surface area contributed by atoms with Gasteiger partial charge in [0.05, 0.1) is 20.3 Å². The molecule has 4 atom stereocenters. The molecule has 9 heteroatoms. The Morgan fingerprint density at radius 1 is 1.14 bits per heavy atom. The zero-order valence-corrected chi connectivity index (χ0v) is 11.9. The highest BCUT2D eigenvalue weighted by Gasteiger charge is 2.44. The van der Waals surface area contributed by atoms with Crippen molar-refractivity contribution in [1.82, 2.24) is 5.23 Å². The van der Waals surface area contributed by atoms with Gasteiger partial charge in [-0.15, -0.1) is 0 Å². The molecule has 2 rings (SSSR count). The third-order valence-corrected chi connectivity index (χ3v) is 3.27. The van der Waals surface area contributed by atoms with E-state index in [0.717, 1.165) is 0 Å². The first-order valence-corrected chi connectivity index (χ1v) is 6.58. The summed E-state index contributed by atoms with van der Waals surface area (Å²) in [5, 5.41) is 48.0. The van der Waals surface area contributed by atoms with Crippen LogP contribution in [0.5, 0.6) is 11.5 Å². The van der Waals surface area contributed by atoms with Crippen LogP contribution in [0.1, 0.15) is 5.56 Å². The van der Waals surface area contributed by atoms with Gasteiger partial charge in [-0.1, -0.05) is 6.07 Å². The highest BCUT2D eigenvalue weighted by atomic mass is 17.0. The fourth-order valence-corrected chi connectivity index (χ4v) is 1.98. The average Bonchev–Trinajstić information content (AvgIpc) is 2.55. The Morgan fingerprint density at radius 3 is 2.45 bits per heavy atom. The predicted molar refractivity (Wildman–Crippen MR) is 71.4 cm³/mol. The van der Waals surface area contributed by atoms with Crippen molar-refractivity contribution in [3.8, 4) is 11.5 Å². The zero-order valence-electron chi connectivity index (χ0n) is 11.9. The molecule has 5 N–H and O–H groups in total. The van der Waals surface area contributed by atoms with Crippen LogP contribution in [0, 0.1) is 0 Å². The molecular formula is C13H19NO8. The molecule has 0 saturated carbocycles. The van der Waals surface area contributed by atoms with Crippen molar-refractivity contribution in [1.29, 1.82) is 0 Å². The minimum atomic E-state index is -1.67. The van der Waals surface area contributed by atoms with Crippen LogP contribution in [-0.2, 0) is 11.4 Å². The van der Waals surface area contributed by atoms with E-state index >= 15 is 0 Å². The van der Waals surface area contributed by atoms with Crippen LogP contribution in [0.2, 0.25) is 0 Å². The number of hydroxylamine groups is 2. The molecule has 22 heavy (non-hydrogen) atoms. The van der Waals surface area contributed by atoms with Gasteiger partial charge in [-0.2, -0.15) is 0 Å². The van der Waals surface area contributed by atoms with Gasteiger partial charge in [-0.05, 0) is 17.7 Å². The number of methoxy groups -OCH3 is 1. The van der Waals surface area contributed by atoms with E-state index < -0.39 is 31.1 Å². The van der Waals surface area contributed by atoms with Crippen molar-refractivity contribution in [2.75, 3.05) is 13.7 Å². The molecule has 124 valence electrons. The smallest absolute Gasteiger partial charge is 0.197 e. The van der Waals surface area contributed by atoms with E-state index in [1.807, 2.05) is 0 Å². The maximum atomic E-state index is 9.85. The number of hydrogen-bond acceptors (Lipinski definition) is 9. The monoisotopic (exact) mass is 317 g/mol. The molecular weight excluding hydrogens is 298 g/mol. The van der Waals surface area contributed by atoms with Gasteiger partial charge in [0, 0.05) is 5.23 Å².